The summed E-state index contributed by atoms with van der Waals surface area (Å²) in [5.74, 6) is -1.45. The molecule has 0 spiro atoms. The second kappa shape index (κ2) is 18.5. The van der Waals surface area contributed by atoms with Crippen LogP contribution in [0.5, 0.6) is 0 Å². The number of fused-ring (bicyclic) bond motifs is 3. The van der Waals surface area contributed by atoms with E-state index in [0.29, 0.717) is 25.3 Å². The highest BCUT2D eigenvalue weighted by molar-refractivity contribution is 5.98. The number of alkyl carbamates (subject to hydrolysis) is 1. The van der Waals surface area contributed by atoms with Crippen LogP contribution in [0.15, 0.2) is 78.4 Å². The summed E-state index contributed by atoms with van der Waals surface area (Å²) in [6, 6.07) is 20.6. The first-order valence-corrected chi connectivity index (χ1v) is 16.6. The van der Waals surface area contributed by atoms with Crippen LogP contribution in [0.3, 0.4) is 0 Å². The van der Waals surface area contributed by atoms with Crippen LogP contribution in [0.2, 0.25) is 0 Å². The van der Waals surface area contributed by atoms with Crippen LogP contribution < -0.4 is 27.0 Å². The van der Waals surface area contributed by atoms with Gasteiger partial charge < -0.3 is 41.2 Å². The Hall–Kier alpha value is -5.20. The molecule has 0 heterocycles. The van der Waals surface area contributed by atoms with E-state index < -0.39 is 36.0 Å². The van der Waals surface area contributed by atoms with Crippen LogP contribution in [0.4, 0.5) is 15.3 Å². The quantitative estimate of drug-likeness (QED) is 0.127. The molecule has 5 amide bonds. The molecule has 3 aromatic carbocycles. The highest BCUT2D eigenvalue weighted by atomic mass is 16.5. The van der Waals surface area contributed by atoms with E-state index in [2.05, 4.69) is 33.4 Å². The molecule has 3 aromatic rings. The number of ether oxygens (including phenoxy) is 3. The van der Waals surface area contributed by atoms with E-state index in [1.165, 1.54) is 0 Å². The lowest BCUT2D eigenvalue weighted by atomic mass is 9.98. The topological polar surface area (TPSA) is 170 Å². The average Bonchev–Trinajstić information content (AvgIpc) is 3.41. The van der Waals surface area contributed by atoms with Gasteiger partial charge in [-0.05, 0) is 64.3 Å². The third kappa shape index (κ3) is 10.4. The fourth-order valence-corrected chi connectivity index (χ4v) is 5.97. The SMILES string of the molecule is COCC(=Cc1ccc(NC(=O)[C@H](CCCNC(N)=O)NC(=O)[C@@H](NC(=O)OCC2c3ccccc3-c3ccccc32)C(C)C)cc1)COC. The van der Waals surface area contributed by atoms with E-state index in [-0.39, 0.29) is 31.4 Å². The molecule has 12 nitrogen and oxygen atoms in total. The Morgan fingerprint density at radius 3 is 1.98 bits per heavy atom. The number of amides is 5. The molecule has 0 aromatic heterocycles. The number of primary amides is 1. The van der Waals surface area contributed by atoms with Gasteiger partial charge in [-0.2, -0.15) is 0 Å². The smallest absolute Gasteiger partial charge is 0.407 e. The van der Waals surface area contributed by atoms with Crippen molar-refractivity contribution in [3.05, 3.63) is 95.1 Å². The Balaban J connectivity index is 1.40. The highest BCUT2D eigenvalue weighted by Gasteiger charge is 2.32. The van der Waals surface area contributed by atoms with Crippen LogP contribution in [0, 0.1) is 5.92 Å². The molecule has 12 heteroatoms. The highest BCUT2D eigenvalue weighted by Crippen LogP contribution is 2.44. The van der Waals surface area contributed by atoms with Gasteiger partial charge in [-0.1, -0.05) is 80.6 Å². The minimum absolute atomic E-state index is 0.0961. The molecule has 2 atom stereocenters. The van der Waals surface area contributed by atoms with Gasteiger partial charge in [0.25, 0.3) is 0 Å². The van der Waals surface area contributed by atoms with Crippen LogP contribution in [-0.4, -0.2) is 76.6 Å². The maximum absolute atomic E-state index is 13.6. The molecule has 4 rings (SSSR count). The lowest BCUT2D eigenvalue weighted by molar-refractivity contribution is -0.128. The number of carbonyl (C=O) groups excluding carboxylic acids is 4. The van der Waals surface area contributed by atoms with E-state index in [4.69, 9.17) is 19.9 Å². The van der Waals surface area contributed by atoms with Crippen molar-refractivity contribution in [1.29, 1.82) is 0 Å². The molecular weight excluding hydrogens is 638 g/mol. The Kier molecular flexibility index (Phi) is 13.9. The van der Waals surface area contributed by atoms with Gasteiger partial charge in [0.05, 0.1) is 13.2 Å². The zero-order chi connectivity index (χ0) is 36.0. The molecule has 0 radical (unpaired) electrons. The largest absolute Gasteiger partial charge is 0.449 e. The number of urea groups is 1. The predicted molar refractivity (Wildman–Crippen MR) is 192 cm³/mol. The van der Waals surface area contributed by atoms with Crippen LogP contribution in [0.1, 0.15) is 49.3 Å². The summed E-state index contributed by atoms with van der Waals surface area (Å²) >= 11 is 0. The van der Waals surface area contributed by atoms with Crippen molar-refractivity contribution in [2.24, 2.45) is 11.7 Å². The van der Waals surface area contributed by atoms with Crippen molar-refractivity contribution in [1.82, 2.24) is 16.0 Å². The molecule has 1 aliphatic rings. The first kappa shape index (κ1) is 37.6. The summed E-state index contributed by atoms with van der Waals surface area (Å²) in [4.78, 5) is 51.3. The van der Waals surface area contributed by atoms with Gasteiger partial charge in [-0.15, -0.1) is 0 Å². The van der Waals surface area contributed by atoms with E-state index >= 15 is 0 Å². The molecule has 0 fully saturated rings. The Morgan fingerprint density at radius 1 is 0.820 bits per heavy atom. The van der Waals surface area contributed by atoms with Crippen LogP contribution >= 0.6 is 0 Å². The van der Waals surface area contributed by atoms with Crippen molar-refractivity contribution in [3.8, 4) is 11.1 Å². The van der Waals surface area contributed by atoms with Crippen molar-refractivity contribution >= 4 is 35.7 Å². The molecule has 266 valence electrons. The number of hydrogen-bond acceptors (Lipinski definition) is 7. The normalized spacial score (nSPS) is 13.0. The zero-order valence-corrected chi connectivity index (χ0v) is 29.0. The Labute approximate surface area is 293 Å². The third-order valence-electron chi connectivity index (χ3n) is 8.38. The summed E-state index contributed by atoms with van der Waals surface area (Å²) < 4.78 is 16.1. The van der Waals surface area contributed by atoms with E-state index in [1.54, 1.807) is 40.2 Å². The monoisotopic (exact) mass is 685 g/mol. The molecule has 0 saturated carbocycles. The minimum atomic E-state index is -0.982. The number of carbonyl (C=O) groups is 4. The maximum atomic E-state index is 13.6. The van der Waals surface area contributed by atoms with Gasteiger partial charge in [0.2, 0.25) is 11.8 Å². The van der Waals surface area contributed by atoms with Gasteiger partial charge in [0.15, 0.2) is 0 Å². The van der Waals surface area contributed by atoms with Crippen molar-refractivity contribution in [2.75, 3.05) is 45.9 Å². The van der Waals surface area contributed by atoms with Gasteiger partial charge >= 0.3 is 12.1 Å². The van der Waals surface area contributed by atoms with Crippen LogP contribution in [-0.2, 0) is 23.8 Å². The summed E-state index contributed by atoms with van der Waals surface area (Å²) in [6.45, 7) is 4.74. The predicted octanol–water partition coefficient (Wildman–Crippen LogP) is 4.80. The van der Waals surface area contributed by atoms with E-state index in [0.717, 1.165) is 33.4 Å². The summed E-state index contributed by atoms with van der Waals surface area (Å²) in [5.41, 5.74) is 11.9. The minimum Gasteiger partial charge on any atom is -0.449 e. The molecule has 1 aliphatic carbocycles. The first-order chi connectivity index (χ1) is 24.1. The zero-order valence-electron chi connectivity index (χ0n) is 29.0. The molecule has 0 unspecified atom stereocenters. The Bertz CT molecular complexity index is 1600. The lowest BCUT2D eigenvalue weighted by Crippen LogP contribution is -2.54. The fourth-order valence-electron chi connectivity index (χ4n) is 5.97. The third-order valence-corrected chi connectivity index (χ3v) is 8.38. The first-order valence-electron chi connectivity index (χ1n) is 16.6. The second-order valence-corrected chi connectivity index (χ2v) is 12.5. The van der Waals surface area contributed by atoms with Crippen molar-refractivity contribution in [3.63, 3.8) is 0 Å². The average molecular weight is 686 g/mol. The number of nitrogens with two attached hydrogens (primary N) is 1. The molecule has 6 N–H and O–H groups in total. The number of hydrogen-bond donors (Lipinski definition) is 5. The van der Waals surface area contributed by atoms with Gasteiger partial charge in [-0.3, -0.25) is 9.59 Å². The van der Waals surface area contributed by atoms with E-state index in [9.17, 15) is 19.2 Å². The van der Waals surface area contributed by atoms with Crippen LogP contribution in [0.25, 0.3) is 17.2 Å². The molecule has 0 saturated heterocycles. The van der Waals surface area contributed by atoms with Gasteiger partial charge in [-0.25, -0.2) is 9.59 Å². The maximum Gasteiger partial charge on any atom is 0.407 e. The number of methoxy groups -OCH3 is 2. The second-order valence-electron chi connectivity index (χ2n) is 12.5. The standard InChI is InChI=1S/C38H47N5O7/c1-24(2)34(43-38(47)50-23-32-30-12-7-5-10-28(30)29-11-6-8-13-31(29)32)36(45)42-33(14-9-19-40-37(39)46)35(44)41-27-17-15-25(16-18-27)20-26(21-48-3)22-49-4/h5-8,10-13,15-18,20,24,32-34H,9,14,19,21-23H2,1-4H3,(H,41,44)(H,42,45)(H,43,47)(H3,39,40,46)/t33-,34-/m0/s1. The Morgan fingerprint density at radius 2 is 1.42 bits per heavy atom. The molecule has 50 heavy (non-hydrogen) atoms. The summed E-state index contributed by atoms with van der Waals surface area (Å²) in [5, 5.41) is 10.9. The van der Waals surface area contributed by atoms with Crippen molar-refractivity contribution < 1.29 is 33.4 Å². The number of nitrogens with one attached hydrogen (secondary N) is 4. The lowest BCUT2D eigenvalue weighted by Gasteiger charge is -2.25. The summed E-state index contributed by atoms with van der Waals surface area (Å²) in [7, 11) is 3.23. The molecular formula is C38H47N5O7. The fraction of sp³-hybridized carbons (Fsp3) is 0.368. The van der Waals surface area contributed by atoms with Gasteiger partial charge in [0.1, 0.15) is 18.7 Å². The molecule has 0 aliphatic heterocycles. The number of anilines is 1. The molecule has 0 bridgehead atoms. The number of benzene rings is 3. The van der Waals surface area contributed by atoms with Gasteiger partial charge in [0, 0.05) is 32.4 Å². The van der Waals surface area contributed by atoms with Crippen molar-refractivity contribution in [2.45, 2.75) is 44.7 Å². The summed E-state index contributed by atoms with van der Waals surface area (Å²) in [6.07, 6.45) is 1.77. The van der Waals surface area contributed by atoms with E-state index in [1.807, 2.05) is 54.6 Å². The number of rotatable bonds is 17.